The number of hydrogen-bond acceptors (Lipinski definition) is 6. The zero-order valence-electron chi connectivity index (χ0n) is 15.7. The van der Waals surface area contributed by atoms with Crippen molar-refractivity contribution in [2.45, 2.75) is 13.3 Å². The minimum Gasteiger partial charge on any atom is -0.395 e. The molecule has 0 bridgehead atoms. The number of amides is 3. The van der Waals surface area contributed by atoms with E-state index in [1.165, 1.54) is 6.08 Å². The maximum absolute atomic E-state index is 12.4. The fourth-order valence-corrected chi connectivity index (χ4v) is 3.69. The van der Waals surface area contributed by atoms with Crippen LogP contribution in [0.5, 0.6) is 0 Å². The Labute approximate surface area is 168 Å². The minimum atomic E-state index is -0.483. The third-order valence-corrected chi connectivity index (χ3v) is 5.15. The first-order chi connectivity index (χ1) is 13.5. The molecule has 150 valence electrons. The van der Waals surface area contributed by atoms with Gasteiger partial charge < -0.3 is 20.2 Å². The van der Waals surface area contributed by atoms with Crippen LogP contribution in [-0.4, -0.2) is 72.0 Å². The predicted molar refractivity (Wildman–Crippen MR) is 106 cm³/mol. The zero-order chi connectivity index (χ0) is 20.3. The Morgan fingerprint density at radius 3 is 2.57 bits per heavy atom. The van der Waals surface area contributed by atoms with Crippen molar-refractivity contribution < 1.29 is 19.5 Å². The van der Waals surface area contributed by atoms with Crippen molar-refractivity contribution in [2.75, 3.05) is 49.5 Å². The van der Waals surface area contributed by atoms with Crippen LogP contribution in [0.1, 0.15) is 13.3 Å². The van der Waals surface area contributed by atoms with Gasteiger partial charge in [0, 0.05) is 38.7 Å². The van der Waals surface area contributed by atoms with Gasteiger partial charge in [0.1, 0.15) is 5.70 Å². The molecule has 0 atom stereocenters. The highest BCUT2D eigenvalue weighted by Crippen LogP contribution is 2.36. The van der Waals surface area contributed by atoms with E-state index in [1.807, 2.05) is 11.8 Å². The van der Waals surface area contributed by atoms with Gasteiger partial charge in [-0.25, -0.2) is 0 Å². The van der Waals surface area contributed by atoms with Crippen molar-refractivity contribution in [2.24, 2.45) is 0 Å². The number of carbonyl (C=O) groups excluding carboxylic acids is 3. The second-order valence-corrected chi connectivity index (χ2v) is 6.97. The summed E-state index contributed by atoms with van der Waals surface area (Å²) >= 11 is 6.44. The predicted octanol–water partition coefficient (Wildman–Crippen LogP) is 1.06. The molecule has 0 spiro atoms. The van der Waals surface area contributed by atoms with E-state index in [0.717, 1.165) is 10.6 Å². The molecule has 0 saturated carbocycles. The number of rotatable bonds is 6. The van der Waals surface area contributed by atoms with Crippen LogP contribution in [0.3, 0.4) is 0 Å². The molecule has 8 nitrogen and oxygen atoms in total. The van der Waals surface area contributed by atoms with Crippen molar-refractivity contribution in [3.8, 4) is 0 Å². The summed E-state index contributed by atoms with van der Waals surface area (Å²) in [6.45, 7) is 3.94. The summed E-state index contributed by atoms with van der Waals surface area (Å²) in [6.07, 6.45) is 1.70. The van der Waals surface area contributed by atoms with Crippen LogP contribution in [-0.2, 0) is 14.4 Å². The lowest BCUT2D eigenvalue weighted by molar-refractivity contribution is -0.137. The molecule has 1 aromatic rings. The molecule has 2 aliphatic rings. The Morgan fingerprint density at radius 1 is 1.21 bits per heavy atom. The fourth-order valence-electron chi connectivity index (χ4n) is 3.40. The molecule has 0 radical (unpaired) electrons. The number of benzene rings is 1. The highest BCUT2D eigenvalue weighted by molar-refractivity contribution is 6.34. The first kappa shape index (κ1) is 20.2. The summed E-state index contributed by atoms with van der Waals surface area (Å²) in [5, 5.41) is 12.6. The number of para-hydroxylation sites is 1. The lowest BCUT2D eigenvalue weighted by atomic mass is 10.2. The Kier molecular flexibility index (Phi) is 6.21. The van der Waals surface area contributed by atoms with Crippen LogP contribution in [0, 0.1) is 0 Å². The molecule has 1 saturated heterocycles. The van der Waals surface area contributed by atoms with E-state index in [-0.39, 0.29) is 24.8 Å². The second kappa shape index (κ2) is 8.62. The molecular formula is C19H23ClN4O4. The summed E-state index contributed by atoms with van der Waals surface area (Å²) in [4.78, 5) is 41.1. The lowest BCUT2D eigenvalue weighted by Crippen LogP contribution is -2.48. The molecule has 0 unspecified atom stereocenters. The van der Waals surface area contributed by atoms with E-state index in [0.29, 0.717) is 43.3 Å². The minimum absolute atomic E-state index is 0.0465. The van der Waals surface area contributed by atoms with Gasteiger partial charge in [0.05, 0.1) is 29.5 Å². The summed E-state index contributed by atoms with van der Waals surface area (Å²) in [6, 6.07) is 5.32. The number of carbonyl (C=O) groups is 3. The van der Waals surface area contributed by atoms with Crippen LogP contribution >= 0.6 is 11.6 Å². The first-order valence-electron chi connectivity index (χ1n) is 9.23. The van der Waals surface area contributed by atoms with Gasteiger partial charge in [0.25, 0.3) is 11.8 Å². The molecule has 3 rings (SSSR count). The summed E-state index contributed by atoms with van der Waals surface area (Å²) in [5.74, 6) is -0.818. The summed E-state index contributed by atoms with van der Waals surface area (Å²) < 4.78 is 0. The molecule has 0 aliphatic carbocycles. The van der Waals surface area contributed by atoms with Gasteiger partial charge in [-0.1, -0.05) is 24.6 Å². The zero-order valence-corrected chi connectivity index (χ0v) is 16.4. The highest BCUT2D eigenvalue weighted by atomic mass is 35.5. The highest BCUT2D eigenvalue weighted by Gasteiger charge is 2.31. The summed E-state index contributed by atoms with van der Waals surface area (Å²) in [5.41, 5.74) is 1.48. The molecule has 1 aromatic carbocycles. The van der Waals surface area contributed by atoms with Crippen LogP contribution in [0.15, 0.2) is 30.0 Å². The summed E-state index contributed by atoms with van der Waals surface area (Å²) in [7, 11) is 0. The SMILES string of the molecule is CCC(=O)N1CCN(c2c(Cl)cccc2NC2=CC(=O)N(CCO)C2=O)CC1. The second-order valence-electron chi connectivity index (χ2n) is 6.56. The number of halogens is 1. The number of β-amino-alcohol motifs (C(OH)–C–C–N with tert-alkyl or cyclic N) is 1. The number of nitrogens with one attached hydrogen (secondary N) is 1. The number of aliphatic hydroxyl groups is 1. The molecule has 0 aromatic heterocycles. The van der Waals surface area contributed by atoms with Crippen molar-refractivity contribution in [3.63, 3.8) is 0 Å². The van der Waals surface area contributed by atoms with Crippen LogP contribution in [0.25, 0.3) is 0 Å². The number of imide groups is 1. The van der Waals surface area contributed by atoms with Crippen molar-refractivity contribution in [1.82, 2.24) is 9.80 Å². The Bertz CT molecular complexity index is 818. The van der Waals surface area contributed by atoms with E-state index >= 15 is 0 Å². The third kappa shape index (κ3) is 3.98. The van der Waals surface area contributed by atoms with Gasteiger partial charge in [-0.2, -0.15) is 0 Å². The Hall–Kier alpha value is -2.58. The molecule has 2 aliphatic heterocycles. The van der Waals surface area contributed by atoms with E-state index in [1.54, 1.807) is 18.2 Å². The molecule has 28 heavy (non-hydrogen) atoms. The average Bonchev–Trinajstić information content (AvgIpc) is 2.95. The van der Waals surface area contributed by atoms with Crippen LogP contribution in [0.4, 0.5) is 11.4 Å². The van der Waals surface area contributed by atoms with Gasteiger partial charge in [-0.15, -0.1) is 0 Å². The molecule has 1 fully saturated rings. The van der Waals surface area contributed by atoms with E-state index in [9.17, 15) is 14.4 Å². The number of nitrogens with zero attached hydrogens (tertiary/aromatic N) is 3. The Morgan fingerprint density at radius 2 is 1.93 bits per heavy atom. The topological polar surface area (TPSA) is 93.2 Å². The molecular weight excluding hydrogens is 384 g/mol. The van der Waals surface area contributed by atoms with Crippen LogP contribution < -0.4 is 10.2 Å². The maximum atomic E-state index is 12.4. The van der Waals surface area contributed by atoms with Gasteiger partial charge in [-0.3, -0.25) is 19.3 Å². The van der Waals surface area contributed by atoms with Crippen molar-refractivity contribution in [3.05, 3.63) is 35.0 Å². The van der Waals surface area contributed by atoms with Crippen molar-refractivity contribution in [1.29, 1.82) is 0 Å². The number of aliphatic hydroxyl groups excluding tert-OH is 1. The van der Waals surface area contributed by atoms with Gasteiger partial charge in [-0.05, 0) is 12.1 Å². The number of hydrogen-bond donors (Lipinski definition) is 2. The van der Waals surface area contributed by atoms with Gasteiger partial charge in [0.15, 0.2) is 0 Å². The quantitative estimate of drug-likeness (QED) is 0.686. The van der Waals surface area contributed by atoms with Gasteiger partial charge in [0.2, 0.25) is 5.91 Å². The third-order valence-electron chi connectivity index (χ3n) is 4.84. The van der Waals surface area contributed by atoms with E-state index in [2.05, 4.69) is 10.2 Å². The van der Waals surface area contributed by atoms with Crippen molar-refractivity contribution >= 4 is 40.7 Å². The maximum Gasteiger partial charge on any atom is 0.277 e. The average molecular weight is 407 g/mol. The van der Waals surface area contributed by atoms with Crippen LogP contribution in [0.2, 0.25) is 5.02 Å². The van der Waals surface area contributed by atoms with Gasteiger partial charge >= 0.3 is 0 Å². The molecule has 3 amide bonds. The van der Waals surface area contributed by atoms with E-state index in [4.69, 9.17) is 16.7 Å². The molecule has 2 N–H and O–H groups in total. The smallest absolute Gasteiger partial charge is 0.277 e. The standard InChI is InChI=1S/C19H23ClN4O4/c1-2-16(26)22-6-8-23(9-7-22)18-13(20)4-3-5-14(18)21-15-12-17(27)24(10-11-25)19(15)28/h3-5,12,21,25H,2,6-11H2,1H3. The molecule has 9 heteroatoms. The number of piperazine rings is 1. The molecule has 2 heterocycles. The lowest BCUT2D eigenvalue weighted by Gasteiger charge is -2.37. The van der Waals surface area contributed by atoms with E-state index < -0.39 is 11.8 Å². The fraction of sp³-hybridized carbons (Fsp3) is 0.421. The number of anilines is 2. The monoisotopic (exact) mass is 406 g/mol. The largest absolute Gasteiger partial charge is 0.395 e. The Balaban J connectivity index is 1.79. The normalized spacial score (nSPS) is 17.2. The first-order valence-corrected chi connectivity index (χ1v) is 9.60.